The summed E-state index contributed by atoms with van der Waals surface area (Å²) < 4.78 is 0. The van der Waals surface area contributed by atoms with Crippen LogP contribution in [0.2, 0.25) is 5.02 Å². The maximum atomic E-state index is 9.40. The molecule has 0 fully saturated rings. The Bertz CT molecular complexity index is 482. The maximum absolute atomic E-state index is 9.40. The fourth-order valence-electron chi connectivity index (χ4n) is 1.20. The molecule has 8 heteroatoms. The highest BCUT2D eigenvalue weighted by Crippen LogP contribution is 2.38. The number of phenolic OH excluding ortho intramolecular Hbond substituents is 2. The summed E-state index contributed by atoms with van der Waals surface area (Å²) in [5.74, 6) is -0.250. The molecule has 0 amide bonds. The third-order valence-electron chi connectivity index (χ3n) is 2.00. The summed E-state index contributed by atoms with van der Waals surface area (Å²) in [6.45, 7) is 0. The Morgan fingerprint density at radius 3 is 2.69 bits per heavy atom. The van der Waals surface area contributed by atoms with Crippen molar-refractivity contribution in [1.29, 1.82) is 0 Å². The fourth-order valence-corrected chi connectivity index (χ4v) is 1.68. The largest absolute Gasteiger partial charge is 0.504 e. The quantitative estimate of drug-likeness (QED) is 0.481. The Hall–Kier alpha value is -1.47. The molecule has 0 saturated carbocycles. The van der Waals surface area contributed by atoms with E-state index in [-0.39, 0.29) is 16.5 Å². The lowest BCUT2D eigenvalue weighted by molar-refractivity contribution is 0.403. The molecule has 0 aliphatic heterocycles. The number of aromatic hydroxyl groups is 2. The highest BCUT2D eigenvalue weighted by molar-refractivity contribution is 7.80. The number of aromatic amines is 1. The summed E-state index contributed by atoms with van der Waals surface area (Å²) in [6, 6.07) is 2.83. The Morgan fingerprint density at radius 2 is 2.12 bits per heavy atom. The van der Waals surface area contributed by atoms with E-state index in [1.165, 1.54) is 12.1 Å². The van der Waals surface area contributed by atoms with Crippen LogP contribution in [0.15, 0.2) is 12.1 Å². The number of rotatable bonds is 2. The van der Waals surface area contributed by atoms with Gasteiger partial charge in [0.05, 0.1) is 10.3 Å². The minimum atomic E-state index is -0.459. The molecule has 1 unspecified atom stereocenters. The topological polar surface area (TPSA) is 94.9 Å². The van der Waals surface area contributed by atoms with Gasteiger partial charge in [-0.1, -0.05) is 11.6 Å². The SMILES string of the molecule is Oc1cc(C(S)c2nnn[nH]2)cc(Cl)c1O. The summed E-state index contributed by atoms with van der Waals surface area (Å²) in [7, 11) is 0. The summed E-state index contributed by atoms with van der Waals surface area (Å²) in [6.07, 6.45) is 0. The number of H-pyrrole nitrogens is 1. The van der Waals surface area contributed by atoms with Crippen LogP contribution in [-0.2, 0) is 0 Å². The van der Waals surface area contributed by atoms with Crippen molar-refractivity contribution in [2.24, 2.45) is 0 Å². The van der Waals surface area contributed by atoms with Crippen LogP contribution in [0.25, 0.3) is 0 Å². The predicted octanol–water partition coefficient (Wildman–Crippen LogP) is 1.28. The summed E-state index contributed by atoms with van der Waals surface area (Å²) in [5, 5.41) is 31.3. The van der Waals surface area contributed by atoms with Gasteiger partial charge in [-0.3, -0.25) is 0 Å². The first-order valence-electron chi connectivity index (χ1n) is 4.22. The molecule has 1 atom stereocenters. The minimum Gasteiger partial charge on any atom is -0.504 e. The fraction of sp³-hybridized carbons (Fsp3) is 0.125. The Morgan fingerprint density at radius 1 is 1.38 bits per heavy atom. The van der Waals surface area contributed by atoms with E-state index in [1.54, 1.807) is 0 Å². The smallest absolute Gasteiger partial charge is 0.176 e. The van der Waals surface area contributed by atoms with E-state index >= 15 is 0 Å². The predicted molar refractivity (Wildman–Crippen MR) is 59.8 cm³/mol. The second-order valence-corrected chi connectivity index (χ2v) is 3.98. The minimum absolute atomic E-state index is 0.0431. The van der Waals surface area contributed by atoms with Gasteiger partial charge in [-0.25, -0.2) is 5.10 Å². The van der Waals surface area contributed by atoms with Crippen LogP contribution in [0.5, 0.6) is 11.5 Å². The summed E-state index contributed by atoms with van der Waals surface area (Å²) >= 11 is 10.00. The van der Waals surface area contributed by atoms with Gasteiger partial charge in [-0.15, -0.1) is 5.10 Å². The summed E-state index contributed by atoms with van der Waals surface area (Å²) in [4.78, 5) is 0. The zero-order chi connectivity index (χ0) is 11.7. The van der Waals surface area contributed by atoms with Crippen molar-refractivity contribution in [3.8, 4) is 11.5 Å². The van der Waals surface area contributed by atoms with Gasteiger partial charge in [-0.2, -0.15) is 12.6 Å². The van der Waals surface area contributed by atoms with Crippen molar-refractivity contribution in [2.45, 2.75) is 5.25 Å². The first-order valence-corrected chi connectivity index (χ1v) is 5.12. The molecule has 0 aliphatic rings. The standard InChI is InChI=1S/C8H7ClN4O2S/c9-4-1-3(2-5(14)6(4)15)7(16)8-10-12-13-11-8/h1-2,7,14-16H,(H,10,11,12,13). The number of nitrogens with one attached hydrogen (secondary N) is 1. The Kier molecular flexibility index (Phi) is 2.88. The lowest BCUT2D eigenvalue weighted by Crippen LogP contribution is -1.96. The zero-order valence-electron chi connectivity index (χ0n) is 7.79. The number of hydrogen-bond donors (Lipinski definition) is 4. The van der Waals surface area contributed by atoms with Crippen molar-refractivity contribution in [3.05, 3.63) is 28.5 Å². The average Bonchev–Trinajstić information content (AvgIpc) is 2.77. The van der Waals surface area contributed by atoms with E-state index in [4.69, 9.17) is 11.6 Å². The molecule has 84 valence electrons. The van der Waals surface area contributed by atoms with Gasteiger partial charge in [0.1, 0.15) is 0 Å². The van der Waals surface area contributed by atoms with Crippen molar-refractivity contribution in [1.82, 2.24) is 20.6 Å². The van der Waals surface area contributed by atoms with E-state index in [0.717, 1.165) is 0 Å². The second-order valence-electron chi connectivity index (χ2n) is 3.06. The second kappa shape index (κ2) is 4.18. The molecule has 1 aromatic heterocycles. The first-order chi connectivity index (χ1) is 7.59. The normalized spacial score (nSPS) is 12.6. The van der Waals surface area contributed by atoms with E-state index in [9.17, 15) is 10.2 Å². The van der Waals surface area contributed by atoms with Gasteiger partial charge >= 0.3 is 0 Å². The zero-order valence-corrected chi connectivity index (χ0v) is 9.44. The molecule has 0 aliphatic carbocycles. The van der Waals surface area contributed by atoms with Gasteiger partial charge in [0.25, 0.3) is 0 Å². The van der Waals surface area contributed by atoms with Gasteiger partial charge in [0.15, 0.2) is 17.3 Å². The molecule has 0 spiro atoms. The number of hydrogen-bond acceptors (Lipinski definition) is 6. The van der Waals surface area contributed by atoms with Crippen molar-refractivity contribution < 1.29 is 10.2 Å². The molecule has 1 aromatic carbocycles. The molecular weight excluding hydrogens is 252 g/mol. The molecule has 0 bridgehead atoms. The van der Waals surface area contributed by atoms with Crippen LogP contribution < -0.4 is 0 Å². The number of phenols is 2. The van der Waals surface area contributed by atoms with Gasteiger partial charge < -0.3 is 10.2 Å². The molecule has 16 heavy (non-hydrogen) atoms. The first kappa shape index (κ1) is 11.0. The lowest BCUT2D eigenvalue weighted by Gasteiger charge is -2.09. The molecule has 2 rings (SSSR count). The molecular formula is C8H7ClN4O2S. The molecule has 0 radical (unpaired) electrons. The van der Waals surface area contributed by atoms with E-state index in [1.807, 2.05) is 0 Å². The van der Waals surface area contributed by atoms with Crippen LogP contribution in [0.4, 0.5) is 0 Å². The number of tetrazole rings is 1. The average molecular weight is 259 g/mol. The molecule has 2 aromatic rings. The third-order valence-corrected chi connectivity index (χ3v) is 2.83. The van der Waals surface area contributed by atoms with E-state index in [2.05, 4.69) is 33.3 Å². The number of thiol groups is 1. The molecule has 6 nitrogen and oxygen atoms in total. The van der Waals surface area contributed by atoms with Crippen LogP contribution in [-0.4, -0.2) is 30.8 Å². The van der Waals surface area contributed by atoms with Crippen LogP contribution >= 0.6 is 24.2 Å². The molecule has 0 saturated heterocycles. The Balaban J connectivity index is 2.42. The lowest BCUT2D eigenvalue weighted by atomic mass is 10.1. The molecule has 1 heterocycles. The monoisotopic (exact) mass is 258 g/mol. The summed E-state index contributed by atoms with van der Waals surface area (Å²) in [5.41, 5.74) is 0.571. The highest BCUT2D eigenvalue weighted by Gasteiger charge is 2.17. The van der Waals surface area contributed by atoms with Gasteiger partial charge in [0.2, 0.25) is 0 Å². The van der Waals surface area contributed by atoms with Gasteiger partial charge in [-0.05, 0) is 28.1 Å². The Labute approximate surface area is 101 Å². The van der Waals surface area contributed by atoms with Crippen molar-refractivity contribution in [2.75, 3.05) is 0 Å². The highest BCUT2D eigenvalue weighted by atomic mass is 35.5. The maximum Gasteiger partial charge on any atom is 0.176 e. The van der Waals surface area contributed by atoms with Gasteiger partial charge in [0, 0.05) is 0 Å². The number of nitrogens with zero attached hydrogens (tertiary/aromatic N) is 3. The third kappa shape index (κ3) is 1.91. The van der Waals surface area contributed by atoms with Crippen molar-refractivity contribution >= 4 is 24.2 Å². The van der Waals surface area contributed by atoms with E-state index < -0.39 is 5.25 Å². The van der Waals surface area contributed by atoms with Crippen LogP contribution in [0.1, 0.15) is 16.6 Å². The van der Waals surface area contributed by atoms with E-state index in [0.29, 0.717) is 11.4 Å². The molecule has 3 N–H and O–H groups in total. The number of benzene rings is 1. The van der Waals surface area contributed by atoms with Crippen LogP contribution in [0.3, 0.4) is 0 Å². The number of halogens is 1. The van der Waals surface area contributed by atoms with Crippen molar-refractivity contribution in [3.63, 3.8) is 0 Å². The number of aromatic nitrogens is 4. The van der Waals surface area contributed by atoms with Crippen LogP contribution in [0, 0.1) is 0 Å².